The molecule has 2 atom stereocenters. The first-order chi connectivity index (χ1) is 10.2. The van der Waals surface area contributed by atoms with Gasteiger partial charge in [0.25, 0.3) is 0 Å². The summed E-state index contributed by atoms with van der Waals surface area (Å²) in [5.41, 5.74) is 2.85. The van der Waals surface area contributed by atoms with Crippen LogP contribution >= 0.6 is 0 Å². The minimum Gasteiger partial charge on any atom is -0.393 e. The molecule has 2 N–H and O–H groups in total. The molecule has 0 fully saturated rings. The Balaban J connectivity index is 1.81. The lowest BCUT2D eigenvalue weighted by Gasteiger charge is -2.15. The third-order valence-electron chi connectivity index (χ3n) is 3.71. The summed E-state index contributed by atoms with van der Waals surface area (Å²) in [6, 6.07) is 14.8. The smallest absolute Gasteiger partial charge is 0.123 e. The minimum atomic E-state index is -0.467. The second-order valence-corrected chi connectivity index (χ2v) is 5.42. The standard InChI is InChI=1S/C18H18FNO/c19-15-7-9-18-14(10-15)11-17(21)12-16(20-18)8-6-13-4-2-1-3-5-13/h1-10,16-17,20-21H,11-12H2/b8-6+/t16-,17+/m1/s1. The molecule has 0 unspecified atom stereocenters. The van der Waals surface area contributed by atoms with E-state index in [1.54, 1.807) is 6.07 Å². The fourth-order valence-corrected chi connectivity index (χ4v) is 2.68. The van der Waals surface area contributed by atoms with E-state index in [9.17, 15) is 9.50 Å². The maximum absolute atomic E-state index is 13.3. The fraction of sp³-hybridized carbons (Fsp3) is 0.222. The summed E-state index contributed by atoms with van der Waals surface area (Å²) in [6.45, 7) is 0. The molecule has 108 valence electrons. The molecule has 1 heterocycles. The van der Waals surface area contributed by atoms with Crippen LogP contribution in [0.25, 0.3) is 6.08 Å². The zero-order valence-electron chi connectivity index (χ0n) is 11.7. The number of hydrogen-bond donors (Lipinski definition) is 2. The van der Waals surface area contributed by atoms with Crippen LogP contribution in [0.5, 0.6) is 0 Å². The van der Waals surface area contributed by atoms with Gasteiger partial charge in [-0.05, 0) is 35.7 Å². The van der Waals surface area contributed by atoms with Crippen LogP contribution in [0.3, 0.4) is 0 Å². The monoisotopic (exact) mass is 283 g/mol. The Hall–Kier alpha value is -2.13. The molecule has 0 spiro atoms. The average Bonchev–Trinajstić information content (AvgIpc) is 2.63. The Bertz CT molecular complexity index is 639. The topological polar surface area (TPSA) is 32.3 Å². The fourth-order valence-electron chi connectivity index (χ4n) is 2.68. The molecule has 1 aliphatic rings. The first-order valence-corrected chi connectivity index (χ1v) is 7.17. The molecule has 1 aliphatic heterocycles. The maximum Gasteiger partial charge on any atom is 0.123 e. The van der Waals surface area contributed by atoms with E-state index in [-0.39, 0.29) is 11.9 Å². The molecule has 0 aromatic heterocycles. The first kappa shape index (κ1) is 13.8. The molecular weight excluding hydrogens is 265 g/mol. The van der Waals surface area contributed by atoms with Crippen molar-refractivity contribution in [2.75, 3.05) is 5.32 Å². The minimum absolute atomic E-state index is 0.0342. The molecule has 0 aliphatic carbocycles. The number of aliphatic hydroxyl groups excluding tert-OH is 1. The van der Waals surface area contributed by atoms with Gasteiger partial charge in [0.05, 0.1) is 6.10 Å². The zero-order chi connectivity index (χ0) is 14.7. The average molecular weight is 283 g/mol. The Labute approximate surface area is 123 Å². The third kappa shape index (κ3) is 3.50. The maximum atomic E-state index is 13.3. The van der Waals surface area contributed by atoms with Gasteiger partial charge in [0, 0.05) is 18.2 Å². The molecule has 21 heavy (non-hydrogen) atoms. The molecule has 2 aromatic rings. The summed E-state index contributed by atoms with van der Waals surface area (Å²) < 4.78 is 13.3. The number of fused-ring (bicyclic) bond motifs is 1. The van der Waals surface area contributed by atoms with E-state index in [0.717, 1.165) is 16.8 Å². The number of halogens is 1. The lowest BCUT2D eigenvalue weighted by molar-refractivity contribution is 0.165. The van der Waals surface area contributed by atoms with Crippen molar-refractivity contribution in [2.45, 2.75) is 25.0 Å². The molecular formula is C18H18FNO. The highest BCUT2D eigenvalue weighted by atomic mass is 19.1. The Kier molecular flexibility index (Phi) is 4.02. The van der Waals surface area contributed by atoms with E-state index < -0.39 is 6.10 Å². The number of nitrogens with one attached hydrogen (secondary N) is 1. The van der Waals surface area contributed by atoms with Crippen LogP contribution < -0.4 is 5.32 Å². The predicted octanol–water partition coefficient (Wildman–Crippen LogP) is 3.63. The molecule has 0 saturated carbocycles. The van der Waals surface area contributed by atoms with Crippen molar-refractivity contribution >= 4 is 11.8 Å². The van der Waals surface area contributed by atoms with E-state index in [1.807, 2.05) is 36.4 Å². The largest absolute Gasteiger partial charge is 0.393 e. The quantitative estimate of drug-likeness (QED) is 0.882. The molecule has 0 radical (unpaired) electrons. The molecule has 2 nitrogen and oxygen atoms in total. The number of hydrogen-bond acceptors (Lipinski definition) is 2. The van der Waals surface area contributed by atoms with Crippen LogP contribution in [0.2, 0.25) is 0 Å². The highest BCUT2D eigenvalue weighted by Crippen LogP contribution is 2.25. The molecule has 2 aromatic carbocycles. The van der Waals surface area contributed by atoms with Gasteiger partial charge in [-0.1, -0.05) is 42.5 Å². The van der Waals surface area contributed by atoms with Crippen molar-refractivity contribution in [1.29, 1.82) is 0 Å². The van der Waals surface area contributed by atoms with Gasteiger partial charge in [-0.3, -0.25) is 0 Å². The summed E-state index contributed by atoms with van der Waals surface area (Å²) in [7, 11) is 0. The third-order valence-corrected chi connectivity index (χ3v) is 3.71. The highest BCUT2D eigenvalue weighted by molar-refractivity contribution is 5.56. The predicted molar refractivity (Wildman–Crippen MR) is 83.6 cm³/mol. The molecule has 0 bridgehead atoms. The van der Waals surface area contributed by atoms with Crippen LogP contribution in [0.4, 0.5) is 10.1 Å². The van der Waals surface area contributed by atoms with Crippen molar-refractivity contribution in [3.63, 3.8) is 0 Å². The van der Waals surface area contributed by atoms with Gasteiger partial charge in [0.2, 0.25) is 0 Å². The Morgan fingerprint density at radius 3 is 2.76 bits per heavy atom. The molecule has 3 rings (SSSR count). The van der Waals surface area contributed by atoms with Crippen molar-refractivity contribution in [2.24, 2.45) is 0 Å². The summed E-state index contributed by atoms with van der Waals surface area (Å²) in [5.74, 6) is -0.263. The van der Waals surface area contributed by atoms with Crippen molar-refractivity contribution in [1.82, 2.24) is 0 Å². The van der Waals surface area contributed by atoms with Gasteiger partial charge in [0.1, 0.15) is 5.82 Å². The second kappa shape index (κ2) is 6.10. The van der Waals surface area contributed by atoms with E-state index in [4.69, 9.17) is 0 Å². The summed E-state index contributed by atoms with van der Waals surface area (Å²) in [5, 5.41) is 13.5. The normalized spacial score (nSPS) is 21.6. The van der Waals surface area contributed by atoms with Crippen LogP contribution in [-0.2, 0) is 6.42 Å². The zero-order valence-corrected chi connectivity index (χ0v) is 11.7. The van der Waals surface area contributed by atoms with Gasteiger partial charge in [-0.25, -0.2) is 4.39 Å². The van der Waals surface area contributed by atoms with Crippen molar-refractivity contribution in [3.8, 4) is 0 Å². The lowest BCUT2D eigenvalue weighted by atomic mass is 10.0. The first-order valence-electron chi connectivity index (χ1n) is 7.17. The van der Waals surface area contributed by atoms with E-state index in [0.29, 0.717) is 12.8 Å². The van der Waals surface area contributed by atoms with E-state index >= 15 is 0 Å². The van der Waals surface area contributed by atoms with Crippen LogP contribution in [0.1, 0.15) is 17.5 Å². The van der Waals surface area contributed by atoms with Gasteiger partial charge in [-0.2, -0.15) is 0 Å². The van der Waals surface area contributed by atoms with E-state index in [2.05, 4.69) is 11.4 Å². The summed E-state index contributed by atoms with van der Waals surface area (Å²) in [6.07, 6.45) is 4.72. The second-order valence-electron chi connectivity index (χ2n) is 5.42. The number of rotatable bonds is 2. The van der Waals surface area contributed by atoms with Gasteiger partial charge < -0.3 is 10.4 Å². The summed E-state index contributed by atoms with van der Waals surface area (Å²) in [4.78, 5) is 0. The van der Waals surface area contributed by atoms with E-state index in [1.165, 1.54) is 12.1 Å². The van der Waals surface area contributed by atoms with Gasteiger partial charge in [0.15, 0.2) is 0 Å². The SMILES string of the molecule is O[C@H]1Cc2cc(F)ccc2N[C@H](/C=C/c2ccccc2)C1. The summed E-state index contributed by atoms with van der Waals surface area (Å²) >= 11 is 0. The van der Waals surface area contributed by atoms with Gasteiger partial charge >= 0.3 is 0 Å². The molecule has 3 heteroatoms. The Morgan fingerprint density at radius 1 is 1.14 bits per heavy atom. The van der Waals surface area contributed by atoms with Gasteiger partial charge in [-0.15, -0.1) is 0 Å². The molecule has 0 saturated heterocycles. The number of aliphatic hydroxyl groups is 1. The number of benzene rings is 2. The molecule has 0 amide bonds. The highest BCUT2D eigenvalue weighted by Gasteiger charge is 2.20. The van der Waals surface area contributed by atoms with Crippen LogP contribution in [-0.4, -0.2) is 17.3 Å². The van der Waals surface area contributed by atoms with Crippen LogP contribution in [0.15, 0.2) is 54.6 Å². The van der Waals surface area contributed by atoms with Crippen LogP contribution in [0, 0.1) is 5.82 Å². The Morgan fingerprint density at radius 2 is 1.95 bits per heavy atom. The number of anilines is 1. The lowest BCUT2D eigenvalue weighted by Crippen LogP contribution is -2.21. The van der Waals surface area contributed by atoms with Crippen molar-refractivity contribution in [3.05, 3.63) is 71.6 Å². The van der Waals surface area contributed by atoms with Crippen molar-refractivity contribution < 1.29 is 9.50 Å².